The minimum absolute atomic E-state index is 0.247. The number of aryl methyl sites for hydroxylation is 1. The third kappa shape index (κ3) is 2.94. The van der Waals surface area contributed by atoms with Gasteiger partial charge in [-0.3, -0.25) is 4.68 Å². The van der Waals surface area contributed by atoms with Crippen LogP contribution in [0.15, 0.2) is 54.9 Å². The molecule has 0 unspecified atom stereocenters. The van der Waals surface area contributed by atoms with Gasteiger partial charge in [0.25, 0.3) is 0 Å². The Morgan fingerprint density at radius 3 is 2.60 bits per heavy atom. The molecule has 0 saturated heterocycles. The Morgan fingerprint density at radius 2 is 1.80 bits per heavy atom. The molecule has 0 bridgehead atoms. The smallest absolute Gasteiger partial charge is 0.221 e. The highest BCUT2D eigenvalue weighted by Crippen LogP contribution is 2.27. The summed E-state index contributed by atoms with van der Waals surface area (Å²) in [5.41, 5.74) is 10.9. The summed E-state index contributed by atoms with van der Waals surface area (Å²) < 4.78 is 1.93. The molecule has 0 aliphatic rings. The van der Waals surface area contributed by atoms with E-state index >= 15 is 0 Å². The van der Waals surface area contributed by atoms with Gasteiger partial charge in [-0.15, -0.1) is 0 Å². The zero-order chi connectivity index (χ0) is 17.2. The molecule has 6 heteroatoms. The fourth-order valence-electron chi connectivity index (χ4n) is 2.84. The molecule has 6 nitrogen and oxygen atoms in total. The second kappa shape index (κ2) is 6.32. The Labute approximate surface area is 145 Å². The van der Waals surface area contributed by atoms with Crippen molar-refractivity contribution in [2.24, 2.45) is 0 Å². The molecule has 3 aromatic heterocycles. The number of nitrogen functional groups attached to an aromatic ring is 1. The Kier molecular flexibility index (Phi) is 3.85. The van der Waals surface area contributed by atoms with Crippen molar-refractivity contribution in [3.05, 3.63) is 54.9 Å². The summed E-state index contributed by atoms with van der Waals surface area (Å²) in [6, 6.07) is 13.8. The quantitative estimate of drug-likeness (QED) is 0.619. The highest BCUT2D eigenvalue weighted by Gasteiger charge is 2.12. The summed E-state index contributed by atoms with van der Waals surface area (Å²) in [6.07, 6.45) is 4.89. The summed E-state index contributed by atoms with van der Waals surface area (Å²) in [7, 11) is 0. The van der Waals surface area contributed by atoms with Gasteiger partial charge in [0.2, 0.25) is 5.95 Å². The molecule has 0 atom stereocenters. The number of hydrogen-bond donors (Lipinski definition) is 1. The molecule has 4 aromatic rings. The summed E-state index contributed by atoms with van der Waals surface area (Å²) in [5, 5.41) is 4.38. The van der Waals surface area contributed by atoms with Gasteiger partial charge in [-0.2, -0.15) is 5.10 Å². The molecule has 0 spiro atoms. The molecule has 0 saturated carbocycles. The number of benzene rings is 1. The number of pyridine rings is 1. The number of nitrogens with zero attached hydrogens (tertiary/aromatic N) is 5. The number of anilines is 1. The summed E-state index contributed by atoms with van der Waals surface area (Å²) in [6.45, 7) is 3.02. The molecule has 1 aromatic carbocycles. The third-order valence-corrected chi connectivity index (χ3v) is 3.99. The van der Waals surface area contributed by atoms with E-state index in [4.69, 9.17) is 10.7 Å². The zero-order valence-electron chi connectivity index (χ0n) is 13.9. The van der Waals surface area contributed by atoms with Gasteiger partial charge in [-0.1, -0.05) is 37.3 Å². The molecule has 25 heavy (non-hydrogen) atoms. The molecule has 3 heterocycles. The van der Waals surface area contributed by atoms with Crippen molar-refractivity contribution in [3.8, 4) is 22.5 Å². The topological polar surface area (TPSA) is 82.5 Å². The summed E-state index contributed by atoms with van der Waals surface area (Å²) >= 11 is 0. The number of rotatable bonds is 4. The molecule has 0 radical (unpaired) electrons. The average Bonchev–Trinajstić information content (AvgIpc) is 3.10. The van der Waals surface area contributed by atoms with Crippen molar-refractivity contribution in [3.63, 3.8) is 0 Å². The van der Waals surface area contributed by atoms with Crippen LogP contribution in [-0.2, 0) is 6.54 Å². The fraction of sp³-hybridized carbons (Fsp3) is 0.158. The highest BCUT2D eigenvalue weighted by molar-refractivity contribution is 5.91. The van der Waals surface area contributed by atoms with Gasteiger partial charge in [0, 0.05) is 23.9 Å². The molecule has 0 aliphatic heterocycles. The second-order valence-electron chi connectivity index (χ2n) is 5.85. The zero-order valence-corrected chi connectivity index (χ0v) is 13.9. The van der Waals surface area contributed by atoms with Gasteiger partial charge in [0.05, 0.1) is 17.4 Å². The van der Waals surface area contributed by atoms with E-state index in [-0.39, 0.29) is 5.95 Å². The van der Waals surface area contributed by atoms with Crippen molar-refractivity contribution < 1.29 is 0 Å². The standard InChI is InChI=1S/C19H18N6/c1-2-10-25-12-14(11-21-25)15-8-9-16-18(22-15)17(24-19(20)23-16)13-6-4-3-5-7-13/h3-9,11-12H,2,10H2,1H3,(H2,20,23,24). The number of fused-ring (bicyclic) bond motifs is 1. The molecule has 124 valence electrons. The fourth-order valence-corrected chi connectivity index (χ4v) is 2.84. The lowest BCUT2D eigenvalue weighted by molar-refractivity contribution is 0.603. The lowest BCUT2D eigenvalue weighted by atomic mass is 10.1. The van der Waals surface area contributed by atoms with E-state index in [0.717, 1.165) is 46.5 Å². The maximum absolute atomic E-state index is 5.88. The van der Waals surface area contributed by atoms with E-state index in [9.17, 15) is 0 Å². The van der Waals surface area contributed by atoms with E-state index < -0.39 is 0 Å². The van der Waals surface area contributed by atoms with Gasteiger partial charge < -0.3 is 5.73 Å². The Morgan fingerprint density at radius 1 is 0.960 bits per heavy atom. The monoisotopic (exact) mass is 330 g/mol. The molecule has 0 fully saturated rings. The van der Waals surface area contributed by atoms with Gasteiger partial charge in [0.15, 0.2) is 0 Å². The van der Waals surface area contributed by atoms with Crippen LogP contribution >= 0.6 is 0 Å². The van der Waals surface area contributed by atoms with Gasteiger partial charge in [-0.25, -0.2) is 15.0 Å². The third-order valence-electron chi connectivity index (χ3n) is 3.99. The molecular weight excluding hydrogens is 312 g/mol. The molecule has 2 N–H and O–H groups in total. The van der Waals surface area contributed by atoms with Gasteiger partial charge >= 0.3 is 0 Å². The molecule has 0 amide bonds. The Hall–Kier alpha value is -3.28. The first-order valence-corrected chi connectivity index (χ1v) is 8.27. The van der Waals surface area contributed by atoms with Crippen LogP contribution in [-0.4, -0.2) is 24.7 Å². The first-order valence-electron chi connectivity index (χ1n) is 8.27. The SMILES string of the molecule is CCCn1cc(-c2ccc3nc(N)nc(-c4ccccc4)c3n2)cn1. The van der Waals surface area contributed by atoms with Gasteiger partial charge in [-0.05, 0) is 18.6 Å². The first-order chi connectivity index (χ1) is 12.2. The highest BCUT2D eigenvalue weighted by atomic mass is 15.3. The summed E-state index contributed by atoms with van der Waals surface area (Å²) in [5.74, 6) is 0.247. The minimum Gasteiger partial charge on any atom is -0.368 e. The Balaban J connectivity index is 1.88. The van der Waals surface area contributed by atoms with Crippen LogP contribution in [0.25, 0.3) is 33.5 Å². The van der Waals surface area contributed by atoms with Crippen LogP contribution in [0.2, 0.25) is 0 Å². The Bertz CT molecular complexity index is 1020. The largest absolute Gasteiger partial charge is 0.368 e. The van der Waals surface area contributed by atoms with Crippen LogP contribution in [0.3, 0.4) is 0 Å². The molecular formula is C19H18N6. The second-order valence-corrected chi connectivity index (χ2v) is 5.85. The maximum atomic E-state index is 5.88. The van der Waals surface area contributed by atoms with Crippen LogP contribution in [0.5, 0.6) is 0 Å². The predicted molar refractivity (Wildman–Crippen MR) is 98.7 cm³/mol. The van der Waals surface area contributed by atoms with Crippen LogP contribution in [0.4, 0.5) is 5.95 Å². The van der Waals surface area contributed by atoms with Crippen molar-refractivity contribution in [1.82, 2.24) is 24.7 Å². The predicted octanol–water partition coefficient (Wildman–Crippen LogP) is 3.55. The van der Waals surface area contributed by atoms with E-state index in [0.29, 0.717) is 0 Å². The van der Waals surface area contributed by atoms with Crippen molar-refractivity contribution >= 4 is 17.0 Å². The van der Waals surface area contributed by atoms with Crippen molar-refractivity contribution in [2.45, 2.75) is 19.9 Å². The molecule has 4 rings (SSSR count). The van der Waals surface area contributed by atoms with Crippen molar-refractivity contribution in [1.29, 1.82) is 0 Å². The minimum atomic E-state index is 0.247. The summed E-state index contributed by atoms with van der Waals surface area (Å²) in [4.78, 5) is 13.5. The number of hydrogen-bond acceptors (Lipinski definition) is 5. The maximum Gasteiger partial charge on any atom is 0.221 e. The van der Waals surface area contributed by atoms with E-state index in [1.807, 2.05) is 59.5 Å². The van der Waals surface area contributed by atoms with E-state index in [1.54, 1.807) is 0 Å². The number of aromatic nitrogens is 5. The van der Waals surface area contributed by atoms with Gasteiger partial charge in [0.1, 0.15) is 11.2 Å². The lowest BCUT2D eigenvalue weighted by Gasteiger charge is -2.07. The number of nitrogens with two attached hydrogens (primary N) is 1. The normalized spacial score (nSPS) is 11.1. The van der Waals surface area contributed by atoms with Crippen molar-refractivity contribution in [2.75, 3.05) is 5.73 Å². The van der Waals surface area contributed by atoms with Crippen LogP contribution in [0.1, 0.15) is 13.3 Å². The lowest BCUT2D eigenvalue weighted by Crippen LogP contribution is -2.00. The average molecular weight is 330 g/mol. The first kappa shape index (κ1) is 15.3. The van der Waals surface area contributed by atoms with Crippen LogP contribution < -0.4 is 5.73 Å². The van der Waals surface area contributed by atoms with E-state index in [2.05, 4.69) is 22.0 Å². The van der Waals surface area contributed by atoms with E-state index in [1.165, 1.54) is 0 Å². The van der Waals surface area contributed by atoms with Crippen LogP contribution in [0, 0.1) is 0 Å². The molecule has 0 aliphatic carbocycles.